The van der Waals surface area contributed by atoms with Crippen LogP contribution in [0.25, 0.3) is 0 Å². The smallest absolute Gasteiger partial charge is 0.311 e. The van der Waals surface area contributed by atoms with Crippen LogP contribution in [0, 0.1) is 0 Å². The second kappa shape index (κ2) is 4.64. The molecular formula is C9H15ClN2O2. The van der Waals surface area contributed by atoms with E-state index in [1.807, 2.05) is 0 Å². The predicted octanol–water partition coefficient (Wildman–Crippen LogP) is 1.98. The van der Waals surface area contributed by atoms with Gasteiger partial charge in [0.25, 0.3) is 5.91 Å². The first kappa shape index (κ1) is 11.3. The number of amides is 3. The summed E-state index contributed by atoms with van der Waals surface area (Å²) >= 11 is 5.51. The maximum atomic E-state index is 11.4. The number of hydrogen-bond donors (Lipinski definition) is 0. The molecule has 0 aliphatic carbocycles. The molecule has 1 saturated heterocycles. The van der Waals surface area contributed by atoms with Gasteiger partial charge in [0.2, 0.25) is 0 Å². The van der Waals surface area contributed by atoms with E-state index in [4.69, 9.17) is 11.8 Å². The van der Waals surface area contributed by atoms with Gasteiger partial charge < -0.3 is 4.90 Å². The van der Waals surface area contributed by atoms with Crippen molar-refractivity contribution in [2.45, 2.75) is 39.2 Å². The number of unbranched alkanes of at least 4 members (excludes halogenated alkanes) is 2. The summed E-state index contributed by atoms with van der Waals surface area (Å²) in [6.07, 6.45) is 3.08. The molecule has 3 amide bonds. The third-order valence-corrected chi connectivity index (χ3v) is 2.75. The second-order valence-electron chi connectivity index (χ2n) is 3.48. The van der Waals surface area contributed by atoms with Crippen LogP contribution < -0.4 is 0 Å². The Kier molecular flexibility index (Phi) is 3.75. The van der Waals surface area contributed by atoms with Crippen molar-refractivity contribution in [1.29, 1.82) is 0 Å². The lowest BCUT2D eigenvalue weighted by atomic mass is 10.2. The molecule has 1 unspecified atom stereocenters. The van der Waals surface area contributed by atoms with Gasteiger partial charge in [-0.3, -0.25) is 4.79 Å². The lowest BCUT2D eigenvalue weighted by Crippen LogP contribution is -2.33. The molecule has 1 fully saturated rings. The van der Waals surface area contributed by atoms with Crippen molar-refractivity contribution in [3.63, 3.8) is 0 Å². The third kappa shape index (κ3) is 2.00. The van der Waals surface area contributed by atoms with E-state index in [0.717, 1.165) is 19.3 Å². The lowest BCUT2D eigenvalue weighted by Gasteiger charge is -2.17. The molecule has 1 atom stereocenters. The van der Waals surface area contributed by atoms with Gasteiger partial charge >= 0.3 is 6.03 Å². The molecule has 0 N–H and O–H groups in total. The topological polar surface area (TPSA) is 40.6 Å². The molecule has 5 heteroatoms. The van der Waals surface area contributed by atoms with Crippen LogP contribution in [-0.2, 0) is 4.79 Å². The van der Waals surface area contributed by atoms with Crippen molar-refractivity contribution in [2.24, 2.45) is 0 Å². The summed E-state index contributed by atoms with van der Waals surface area (Å²) in [5, 5.41) is 0. The second-order valence-corrected chi connectivity index (χ2v) is 3.82. The largest absolute Gasteiger partial charge is 0.342 e. The van der Waals surface area contributed by atoms with Crippen LogP contribution in [0.2, 0.25) is 0 Å². The third-order valence-electron chi connectivity index (χ3n) is 2.43. The molecule has 0 spiro atoms. The zero-order valence-corrected chi connectivity index (χ0v) is 9.25. The summed E-state index contributed by atoms with van der Waals surface area (Å²) in [6.45, 7) is 4.41. The van der Waals surface area contributed by atoms with Gasteiger partial charge in [0.05, 0.1) is 0 Å². The first-order valence-electron chi connectivity index (χ1n) is 4.90. The number of imide groups is 1. The molecule has 0 aromatic rings. The van der Waals surface area contributed by atoms with Gasteiger partial charge in [-0.05, 0) is 13.3 Å². The van der Waals surface area contributed by atoms with E-state index in [0.29, 0.717) is 11.0 Å². The molecule has 14 heavy (non-hydrogen) atoms. The normalized spacial score (nSPS) is 22.4. The Bertz CT molecular complexity index is 245. The Morgan fingerprint density at radius 1 is 1.36 bits per heavy atom. The highest BCUT2D eigenvalue weighted by molar-refractivity contribution is 6.32. The Balaban J connectivity index is 2.52. The molecule has 0 aromatic heterocycles. The highest BCUT2D eigenvalue weighted by Crippen LogP contribution is 2.19. The summed E-state index contributed by atoms with van der Waals surface area (Å²) in [5.74, 6) is -0.326. The minimum absolute atomic E-state index is 0.326. The number of urea groups is 1. The molecule has 80 valence electrons. The van der Waals surface area contributed by atoms with Crippen molar-refractivity contribution in [2.75, 3.05) is 6.54 Å². The quantitative estimate of drug-likeness (QED) is 0.411. The number of halogens is 1. The monoisotopic (exact) mass is 218 g/mol. The first-order valence-corrected chi connectivity index (χ1v) is 5.23. The van der Waals surface area contributed by atoms with Gasteiger partial charge in [0.15, 0.2) is 0 Å². The molecule has 0 bridgehead atoms. The number of carbonyl (C=O) groups is 2. The zero-order valence-electron chi connectivity index (χ0n) is 8.49. The van der Waals surface area contributed by atoms with Gasteiger partial charge in [-0.1, -0.05) is 19.8 Å². The Labute approximate surface area is 88.9 Å². The van der Waals surface area contributed by atoms with E-state index in [9.17, 15) is 9.59 Å². The molecule has 1 aliphatic heterocycles. The molecule has 1 rings (SSSR count). The highest BCUT2D eigenvalue weighted by Gasteiger charge is 2.41. The van der Waals surface area contributed by atoms with E-state index in [-0.39, 0.29) is 11.9 Å². The molecule has 4 nitrogen and oxygen atoms in total. The molecular weight excluding hydrogens is 204 g/mol. The van der Waals surface area contributed by atoms with Crippen LogP contribution in [-0.4, -0.2) is 33.8 Å². The molecule has 1 heterocycles. The van der Waals surface area contributed by atoms with Gasteiger partial charge in [0.1, 0.15) is 6.04 Å². The van der Waals surface area contributed by atoms with Gasteiger partial charge in [0, 0.05) is 18.3 Å². The van der Waals surface area contributed by atoms with Crippen LogP contribution in [0.1, 0.15) is 33.1 Å². The minimum Gasteiger partial charge on any atom is -0.311 e. The molecule has 1 aliphatic rings. The highest BCUT2D eigenvalue weighted by atomic mass is 35.5. The maximum Gasteiger partial charge on any atom is 0.342 e. The number of carbonyl (C=O) groups excluding carboxylic acids is 2. The van der Waals surface area contributed by atoms with E-state index in [1.165, 1.54) is 4.90 Å². The predicted molar refractivity (Wildman–Crippen MR) is 53.8 cm³/mol. The van der Waals surface area contributed by atoms with E-state index in [1.54, 1.807) is 6.92 Å². The van der Waals surface area contributed by atoms with Gasteiger partial charge in [-0.2, -0.15) is 4.42 Å². The van der Waals surface area contributed by atoms with Crippen molar-refractivity contribution in [3.8, 4) is 0 Å². The van der Waals surface area contributed by atoms with E-state index < -0.39 is 6.04 Å². The van der Waals surface area contributed by atoms with Crippen molar-refractivity contribution in [1.82, 2.24) is 9.32 Å². The van der Waals surface area contributed by atoms with Crippen molar-refractivity contribution >= 4 is 23.7 Å². The average Bonchev–Trinajstić information content (AvgIpc) is 2.35. The Morgan fingerprint density at radius 3 is 2.43 bits per heavy atom. The summed E-state index contributed by atoms with van der Waals surface area (Å²) < 4.78 is 0.677. The van der Waals surface area contributed by atoms with Crippen LogP contribution in [0.3, 0.4) is 0 Å². The van der Waals surface area contributed by atoms with Crippen LogP contribution in [0.5, 0.6) is 0 Å². The van der Waals surface area contributed by atoms with Crippen LogP contribution in [0.4, 0.5) is 4.79 Å². The first-order chi connectivity index (χ1) is 6.59. The van der Waals surface area contributed by atoms with Gasteiger partial charge in [-0.15, -0.1) is 0 Å². The number of hydrogen-bond acceptors (Lipinski definition) is 2. The number of rotatable bonds is 4. The summed E-state index contributed by atoms with van der Waals surface area (Å²) in [6, 6.07) is -0.794. The molecule has 0 aromatic carbocycles. The van der Waals surface area contributed by atoms with Crippen LogP contribution in [0.15, 0.2) is 0 Å². The Morgan fingerprint density at radius 2 is 2.00 bits per heavy atom. The summed E-state index contributed by atoms with van der Waals surface area (Å²) in [5.41, 5.74) is 0. The molecule has 0 saturated carbocycles. The Hall–Kier alpha value is -0.770. The fourth-order valence-corrected chi connectivity index (χ4v) is 1.73. The summed E-state index contributed by atoms with van der Waals surface area (Å²) in [7, 11) is 0. The molecule has 0 radical (unpaired) electrons. The zero-order chi connectivity index (χ0) is 10.7. The summed E-state index contributed by atoms with van der Waals surface area (Å²) in [4.78, 5) is 24.2. The SMILES string of the molecule is CCCCCN1C(=O)N(Cl)C(=O)C1C. The van der Waals surface area contributed by atoms with Crippen molar-refractivity contribution < 1.29 is 9.59 Å². The van der Waals surface area contributed by atoms with Crippen molar-refractivity contribution in [3.05, 3.63) is 0 Å². The lowest BCUT2D eigenvalue weighted by molar-refractivity contribution is -0.124. The maximum absolute atomic E-state index is 11.4. The van der Waals surface area contributed by atoms with Gasteiger partial charge in [-0.25, -0.2) is 4.79 Å². The van der Waals surface area contributed by atoms with E-state index in [2.05, 4.69) is 6.92 Å². The van der Waals surface area contributed by atoms with E-state index >= 15 is 0 Å². The van der Waals surface area contributed by atoms with Crippen LogP contribution >= 0.6 is 11.8 Å². The number of nitrogens with zero attached hydrogens (tertiary/aromatic N) is 2. The average molecular weight is 219 g/mol. The standard InChI is InChI=1S/C9H15ClN2O2/c1-3-4-5-6-11-7(2)8(13)12(10)9(11)14/h7H,3-6H2,1-2H3. The minimum atomic E-state index is -0.406. The fourth-order valence-electron chi connectivity index (χ4n) is 1.49. The fraction of sp³-hybridized carbons (Fsp3) is 0.778.